The van der Waals surface area contributed by atoms with E-state index in [0.29, 0.717) is 0 Å². The zero-order valence-corrected chi connectivity index (χ0v) is 8.15. The van der Waals surface area contributed by atoms with Crippen molar-refractivity contribution < 1.29 is 0 Å². The molecule has 1 nitrogen and oxygen atoms in total. The van der Waals surface area contributed by atoms with E-state index in [2.05, 4.69) is 39.6 Å². The van der Waals surface area contributed by atoms with Gasteiger partial charge < -0.3 is 0 Å². The predicted molar refractivity (Wildman–Crippen MR) is 49.9 cm³/mol. The molecule has 0 aromatic rings. The van der Waals surface area contributed by atoms with E-state index in [1.807, 2.05) is 0 Å². The minimum absolute atomic E-state index is 0.224. The van der Waals surface area contributed by atoms with E-state index >= 15 is 0 Å². The first kappa shape index (κ1) is 8.51. The summed E-state index contributed by atoms with van der Waals surface area (Å²) in [6.45, 7) is 10.9. The van der Waals surface area contributed by atoms with Crippen molar-refractivity contribution in [1.82, 2.24) is 0 Å². The van der Waals surface area contributed by atoms with E-state index in [1.165, 1.54) is 17.0 Å². The highest BCUT2D eigenvalue weighted by Crippen LogP contribution is 2.34. The molecule has 1 heterocycles. The van der Waals surface area contributed by atoms with Crippen molar-refractivity contribution >= 4 is 5.71 Å². The van der Waals surface area contributed by atoms with Crippen molar-refractivity contribution in [2.24, 2.45) is 10.4 Å². The van der Waals surface area contributed by atoms with Crippen LogP contribution >= 0.6 is 0 Å². The average Bonchev–Trinajstić information content (AvgIpc) is 2.08. The summed E-state index contributed by atoms with van der Waals surface area (Å²) in [6.07, 6.45) is 1.08. The van der Waals surface area contributed by atoms with E-state index in [-0.39, 0.29) is 5.41 Å². The summed E-state index contributed by atoms with van der Waals surface area (Å²) in [5.74, 6) is 0. The van der Waals surface area contributed by atoms with Gasteiger partial charge in [0.25, 0.3) is 0 Å². The predicted octanol–water partition coefficient (Wildman–Crippen LogP) is 3.17. The fourth-order valence-electron chi connectivity index (χ4n) is 1.60. The highest BCUT2D eigenvalue weighted by molar-refractivity contribution is 5.87. The third-order valence-electron chi connectivity index (χ3n) is 1.94. The number of aliphatic imine (C=N–C) groups is 1. The second-order valence-electron chi connectivity index (χ2n) is 4.40. The van der Waals surface area contributed by atoms with Crippen LogP contribution in [0.4, 0.5) is 0 Å². The molecule has 0 amide bonds. The van der Waals surface area contributed by atoms with Crippen LogP contribution in [0.25, 0.3) is 0 Å². The largest absolute Gasteiger partial charge is 0.262 e. The van der Waals surface area contributed by atoms with Crippen molar-refractivity contribution in [2.75, 3.05) is 0 Å². The zero-order valence-electron chi connectivity index (χ0n) is 8.15. The molecule has 0 saturated heterocycles. The molecule has 0 radical (unpaired) electrons. The van der Waals surface area contributed by atoms with E-state index in [0.717, 1.165) is 6.42 Å². The molecule has 0 aromatic carbocycles. The normalized spacial score (nSPS) is 19.2. The van der Waals surface area contributed by atoms with E-state index in [4.69, 9.17) is 0 Å². The lowest BCUT2D eigenvalue weighted by atomic mass is 9.90. The summed E-state index contributed by atoms with van der Waals surface area (Å²) in [7, 11) is 0. The molecule has 0 spiro atoms. The number of nitrogens with zero attached hydrogens (tertiary/aromatic N) is 1. The molecule has 11 heavy (non-hydrogen) atoms. The summed E-state index contributed by atoms with van der Waals surface area (Å²) in [6, 6.07) is 0. The average molecular weight is 151 g/mol. The SMILES string of the molecule is CC1=NC(C(C)(C)C)=C(C)C1. The second kappa shape index (κ2) is 2.47. The van der Waals surface area contributed by atoms with Gasteiger partial charge in [-0.3, -0.25) is 4.99 Å². The van der Waals surface area contributed by atoms with Gasteiger partial charge in [0.2, 0.25) is 0 Å². The van der Waals surface area contributed by atoms with Crippen LogP contribution in [-0.4, -0.2) is 5.71 Å². The molecule has 0 N–H and O–H groups in total. The molecule has 0 fully saturated rings. The Morgan fingerprint density at radius 3 is 1.91 bits per heavy atom. The van der Waals surface area contributed by atoms with Crippen LogP contribution < -0.4 is 0 Å². The Kier molecular flexibility index (Phi) is 1.91. The summed E-state index contributed by atoms with van der Waals surface area (Å²) in [5.41, 5.74) is 4.21. The summed E-state index contributed by atoms with van der Waals surface area (Å²) in [4.78, 5) is 4.54. The first-order valence-electron chi connectivity index (χ1n) is 4.15. The minimum Gasteiger partial charge on any atom is -0.262 e. The maximum Gasteiger partial charge on any atom is 0.0449 e. The van der Waals surface area contributed by atoms with Gasteiger partial charge in [-0.2, -0.15) is 0 Å². The van der Waals surface area contributed by atoms with Crippen molar-refractivity contribution in [1.29, 1.82) is 0 Å². The molecule has 0 unspecified atom stereocenters. The zero-order chi connectivity index (χ0) is 8.65. The van der Waals surface area contributed by atoms with Gasteiger partial charge in [-0.15, -0.1) is 0 Å². The fourth-order valence-corrected chi connectivity index (χ4v) is 1.60. The number of hydrogen-bond donors (Lipinski definition) is 0. The minimum atomic E-state index is 0.224. The fraction of sp³-hybridized carbons (Fsp3) is 0.700. The Hall–Kier alpha value is -0.590. The van der Waals surface area contributed by atoms with Crippen LogP contribution in [0.3, 0.4) is 0 Å². The van der Waals surface area contributed by atoms with Gasteiger partial charge in [-0.1, -0.05) is 20.8 Å². The second-order valence-corrected chi connectivity index (χ2v) is 4.40. The van der Waals surface area contributed by atoms with Crippen molar-refractivity contribution in [3.63, 3.8) is 0 Å². The monoisotopic (exact) mass is 151 g/mol. The molecule has 1 rings (SSSR count). The van der Waals surface area contributed by atoms with E-state index < -0.39 is 0 Å². The van der Waals surface area contributed by atoms with Crippen LogP contribution in [-0.2, 0) is 0 Å². The Bertz CT molecular complexity index is 226. The molecule has 0 aromatic heterocycles. The maximum atomic E-state index is 4.54. The molecular formula is C10H17N. The van der Waals surface area contributed by atoms with Crippen LogP contribution in [0.15, 0.2) is 16.3 Å². The van der Waals surface area contributed by atoms with Gasteiger partial charge in [0.05, 0.1) is 0 Å². The standard InChI is InChI=1S/C10H17N/c1-7-6-8(2)11-9(7)10(3,4)5/h6H2,1-5H3. The molecular weight excluding hydrogens is 134 g/mol. The van der Waals surface area contributed by atoms with Gasteiger partial charge in [0.15, 0.2) is 0 Å². The lowest BCUT2D eigenvalue weighted by Crippen LogP contribution is -2.07. The van der Waals surface area contributed by atoms with Crippen LogP contribution in [0, 0.1) is 5.41 Å². The molecule has 0 atom stereocenters. The maximum absolute atomic E-state index is 4.54. The third kappa shape index (κ3) is 1.70. The van der Waals surface area contributed by atoms with Gasteiger partial charge in [-0.05, 0) is 19.4 Å². The summed E-state index contributed by atoms with van der Waals surface area (Å²) in [5, 5.41) is 0. The Balaban J connectivity index is 2.95. The first-order valence-corrected chi connectivity index (χ1v) is 4.15. The molecule has 0 bridgehead atoms. The molecule has 1 aliphatic rings. The number of hydrogen-bond acceptors (Lipinski definition) is 1. The Labute approximate surface area is 69.2 Å². The molecule has 0 saturated carbocycles. The van der Waals surface area contributed by atoms with Crippen molar-refractivity contribution in [3.05, 3.63) is 11.3 Å². The van der Waals surface area contributed by atoms with Gasteiger partial charge >= 0.3 is 0 Å². The number of allylic oxidation sites excluding steroid dienone is 2. The van der Waals surface area contributed by atoms with Crippen LogP contribution in [0.5, 0.6) is 0 Å². The highest BCUT2D eigenvalue weighted by atomic mass is 14.8. The van der Waals surface area contributed by atoms with Crippen LogP contribution in [0.2, 0.25) is 0 Å². The van der Waals surface area contributed by atoms with E-state index in [1.54, 1.807) is 0 Å². The quantitative estimate of drug-likeness (QED) is 0.504. The molecule has 62 valence electrons. The van der Waals surface area contributed by atoms with Crippen molar-refractivity contribution in [2.45, 2.75) is 41.0 Å². The molecule has 1 aliphatic heterocycles. The Morgan fingerprint density at radius 2 is 1.73 bits per heavy atom. The van der Waals surface area contributed by atoms with Gasteiger partial charge in [0, 0.05) is 23.2 Å². The summed E-state index contributed by atoms with van der Waals surface area (Å²) < 4.78 is 0. The van der Waals surface area contributed by atoms with E-state index in [9.17, 15) is 0 Å². The van der Waals surface area contributed by atoms with Crippen molar-refractivity contribution in [3.8, 4) is 0 Å². The molecule has 0 aliphatic carbocycles. The Morgan fingerprint density at radius 1 is 1.18 bits per heavy atom. The number of rotatable bonds is 0. The summed E-state index contributed by atoms with van der Waals surface area (Å²) >= 11 is 0. The lowest BCUT2D eigenvalue weighted by Gasteiger charge is -2.18. The van der Waals surface area contributed by atoms with Crippen LogP contribution in [0.1, 0.15) is 41.0 Å². The topological polar surface area (TPSA) is 12.4 Å². The lowest BCUT2D eigenvalue weighted by molar-refractivity contribution is 0.495. The van der Waals surface area contributed by atoms with Gasteiger partial charge in [0.1, 0.15) is 0 Å². The molecule has 1 heteroatoms. The highest BCUT2D eigenvalue weighted by Gasteiger charge is 2.22. The first-order chi connectivity index (χ1) is 4.91. The van der Waals surface area contributed by atoms with Gasteiger partial charge in [-0.25, -0.2) is 0 Å². The third-order valence-corrected chi connectivity index (χ3v) is 1.94. The smallest absolute Gasteiger partial charge is 0.0449 e.